The first-order chi connectivity index (χ1) is 26.9. The molecule has 0 saturated carbocycles. The topological polar surface area (TPSA) is 130 Å². The summed E-state index contributed by atoms with van der Waals surface area (Å²) in [5.74, 6) is -0.379. The van der Waals surface area contributed by atoms with E-state index in [1.165, 1.54) is 64.2 Å². The summed E-state index contributed by atoms with van der Waals surface area (Å²) in [6, 6.07) is 0. The van der Waals surface area contributed by atoms with Gasteiger partial charge in [-0.1, -0.05) is 132 Å². The van der Waals surface area contributed by atoms with Crippen molar-refractivity contribution in [3.05, 3.63) is 85.3 Å². The van der Waals surface area contributed by atoms with Crippen molar-refractivity contribution < 1.29 is 37.5 Å². The Labute approximate surface area is 334 Å². The fourth-order valence-corrected chi connectivity index (χ4v) is 6.28. The Balaban J connectivity index is 2.21. The van der Waals surface area contributed by atoms with Crippen LogP contribution < -0.4 is 5.73 Å². The second kappa shape index (κ2) is 37.1. The van der Waals surface area contributed by atoms with Gasteiger partial charge in [0.05, 0.1) is 31.7 Å². The average Bonchev–Trinajstić information content (AvgIpc) is 3.93. The number of phosphoric ester groups is 1. The molecule has 0 amide bonds. The molecule has 10 heteroatoms. The fourth-order valence-electron chi connectivity index (χ4n) is 5.51. The van der Waals surface area contributed by atoms with E-state index in [9.17, 15) is 14.3 Å². The fraction of sp³-hybridized carbons (Fsp3) is 0.667. The Morgan fingerprint density at radius 3 is 1.80 bits per heavy atom. The van der Waals surface area contributed by atoms with Crippen LogP contribution in [0, 0.1) is 0 Å². The molecule has 0 aromatic heterocycles. The summed E-state index contributed by atoms with van der Waals surface area (Å²) >= 11 is 0. The second-order valence-corrected chi connectivity index (χ2v) is 15.4. The van der Waals surface area contributed by atoms with Gasteiger partial charge in [-0.25, -0.2) is 4.57 Å². The molecule has 0 spiro atoms. The highest BCUT2D eigenvalue weighted by Gasteiger charge is 2.35. The van der Waals surface area contributed by atoms with Gasteiger partial charge in [-0.3, -0.25) is 13.8 Å². The molecule has 1 fully saturated rings. The van der Waals surface area contributed by atoms with Crippen LogP contribution in [0.1, 0.15) is 149 Å². The minimum Gasteiger partial charge on any atom is -0.492 e. The molecule has 0 aliphatic carbocycles. The molecule has 4 atom stereocenters. The second-order valence-electron chi connectivity index (χ2n) is 13.9. The van der Waals surface area contributed by atoms with E-state index >= 15 is 0 Å². The lowest BCUT2D eigenvalue weighted by atomic mass is 10.1. The summed E-state index contributed by atoms with van der Waals surface area (Å²) in [4.78, 5) is 22.2. The van der Waals surface area contributed by atoms with E-state index < -0.39 is 13.9 Å². The third kappa shape index (κ3) is 34.5. The molecule has 1 aliphatic heterocycles. The van der Waals surface area contributed by atoms with Gasteiger partial charge in [-0.2, -0.15) is 0 Å². The zero-order valence-electron chi connectivity index (χ0n) is 34.3. The first-order valence-corrected chi connectivity index (χ1v) is 22.7. The van der Waals surface area contributed by atoms with Gasteiger partial charge in [0.15, 0.2) is 6.10 Å². The third-order valence-electron chi connectivity index (χ3n) is 8.80. The van der Waals surface area contributed by atoms with Crippen molar-refractivity contribution in [2.45, 2.75) is 167 Å². The van der Waals surface area contributed by atoms with Crippen LogP contribution in [-0.4, -0.2) is 55.5 Å². The number of esters is 1. The van der Waals surface area contributed by atoms with Gasteiger partial charge in [0.25, 0.3) is 0 Å². The number of epoxide rings is 1. The van der Waals surface area contributed by atoms with Crippen LogP contribution in [0.25, 0.3) is 0 Å². The zero-order chi connectivity index (χ0) is 39.9. The molecule has 3 N–H and O–H groups in total. The van der Waals surface area contributed by atoms with Crippen LogP contribution >= 0.6 is 7.82 Å². The zero-order valence-corrected chi connectivity index (χ0v) is 35.2. The molecule has 0 aromatic carbocycles. The molecule has 0 bridgehead atoms. The summed E-state index contributed by atoms with van der Waals surface area (Å²) in [6.07, 6.45) is 51.8. The van der Waals surface area contributed by atoms with E-state index in [0.717, 1.165) is 57.8 Å². The number of rotatable bonds is 38. The molecule has 1 saturated heterocycles. The molecule has 1 rings (SSSR count). The quantitative estimate of drug-likeness (QED) is 0.0157. The third-order valence-corrected chi connectivity index (χ3v) is 9.79. The minimum absolute atomic E-state index is 0.0840. The van der Waals surface area contributed by atoms with E-state index in [1.54, 1.807) is 6.26 Å². The smallest absolute Gasteiger partial charge is 0.472 e. The number of carbonyl (C=O) groups excluding carboxylic acids is 1. The van der Waals surface area contributed by atoms with Gasteiger partial charge < -0.3 is 24.8 Å². The number of carbonyl (C=O) groups is 1. The van der Waals surface area contributed by atoms with Crippen molar-refractivity contribution in [1.82, 2.24) is 0 Å². The van der Waals surface area contributed by atoms with Gasteiger partial charge in [0, 0.05) is 13.0 Å². The van der Waals surface area contributed by atoms with Gasteiger partial charge in [-0.15, -0.1) is 0 Å². The predicted octanol–water partition coefficient (Wildman–Crippen LogP) is 11.9. The lowest BCUT2D eigenvalue weighted by Gasteiger charge is -2.19. The number of hydrogen-bond acceptors (Lipinski definition) is 8. The number of phosphoric acid groups is 1. The maximum Gasteiger partial charge on any atom is 0.472 e. The van der Waals surface area contributed by atoms with Crippen molar-refractivity contribution in [2.24, 2.45) is 5.73 Å². The normalized spacial score (nSPS) is 18.0. The van der Waals surface area contributed by atoms with Gasteiger partial charge in [0.2, 0.25) is 0 Å². The summed E-state index contributed by atoms with van der Waals surface area (Å²) in [6.45, 7) is 3.97. The number of ether oxygens (including phenoxy) is 3. The highest BCUT2D eigenvalue weighted by molar-refractivity contribution is 7.47. The van der Waals surface area contributed by atoms with Gasteiger partial charge in [-0.05, 0) is 89.5 Å². The number of nitrogens with two attached hydrogens (primary N) is 1. The highest BCUT2D eigenvalue weighted by Crippen LogP contribution is 2.43. The summed E-state index contributed by atoms with van der Waals surface area (Å²) < 4.78 is 38.8. The Hall–Kier alpha value is -2.52. The lowest BCUT2D eigenvalue weighted by molar-refractivity contribution is -0.147. The SMILES string of the molecule is CC/C=C\CC1OC1C/C=C\C/C=C\C/C=C\C/C=C\CCC(=O)OC[C@H](COP(=O)(O)OCCN)O/C=C/CCCCCCCC/C=C\CCCCCC. The van der Waals surface area contributed by atoms with Gasteiger partial charge in [0.1, 0.15) is 6.61 Å². The average molecular weight is 790 g/mol. The van der Waals surface area contributed by atoms with Gasteiger partial charge >= 0.3 is 13.8 Å². The standard InChI is InChI=1S/C45H76NO8P/c1-3-5-7-8-9-10-11-12-13-14-17-20-23-26-29-33-38-50-42(41-53-55(48,49)52-39-37-46)40-51-45(47)36-32-28-25-22-19-16-15-18-21-24-27-31-35-44-43(54-44)34-30-6-4-2/h6,10-11,16,18-19,21,25,27-28,30-31,33,38,42-44H,3-5,7-9,12-15,17,20,22-24,26,29,32,34-37,39-41,46H2,1-2H3,(H,48,49)/b11-10-,19-16-,21-18-,28-25-,30-6-,31-27-,38-33+/t42-,43?,44?/m1/s1. The van der Waals surface area contributed by atoms with Crippen LogP contribution in [0.4, 0.5) is 0 Å². The first kappa shape index (κ1) is 50.5. The summed E-state index contributed by atoms with van der Waals surface area (Å²) in [5, 5.41) is 0. The van der Waals surface area contributed by atoms with Crippen LogP contribution in [-0.2, 0) is 32.6 Å². The maximum absolute atomic E-state index is 12.4. The molecule has 1 heterocycles. The molecule has 9 nitrogen and oxygen atoms in total. The molecule has 3 unspecified atom stereocenters. The van der Waals surface area contributed by atoms with E-state index in [0.29, 0.717) is 18.6 Å². The van der Waals surface area contributed by atoms with E-state index in [4.69, 9.17) is 29.0 Å². The molecular formula is C45H76NO8P. The van der Waals surface area contributed by atoms with E-state index in [1.807, 2.05) is 18.2 Å². The van der Waals surface area contributed by atoms with E-state index in [-0.39, 0.29) is 38.8 Å². The Morgan fingerprint density at radius 2 is 1.20 bits per heavy atom. The lowest BCUT2D eigenvalue weighted by Crippen LogP contribution is -2.25. The van der Waals surface area contributed by atoms with Crippen molar-refractivity contribution in [3.63, 3.8) is 0 Å². The van der Waals surface area contributed by atoms with Crippen LogP contribution in [0.2, 0.25) is 0 Å². The molecule has 55 heavy (non-hydrogen) atoms. The minimum atomic E-state index is -4.29. The largest absolute Gasteiger partial charge is 0.492 e. The Kier molecular flexibility index (Phi) is 34.0. The molecule has 1 aliphatic rings. The maximum atomic E-state index is 12.4. The first-order valence-electron chi connectivity index (χ1n) is 21.2. The molecule has 0 radical (unpaired) electrons. The van der Waals surface area contributed by atoms with Crippen molar-refractivity contribution in [1.29, 1.82) is 0 Å². The van der Waals surface area contributed by atoms with Crippen LogP contribution in [0.15, 0.2) is 85.3 Å². The number of hydrogen-bond donors (Lipinski definition) is 2. The van der Waals surface area contributed by atoms with Crippen molar-refractivity contribution in [2.75, 3.05) is 26.4 Å². The van der Waals surface area contributed by atoms with E-state index in [2.05, 4.69) is 74.6 Å². The van der Waals surface area contributed by atoms with Crippen molar-refractivity contribution in [3.8, 4) is 0 Å². The Bertz CT molecular complexity index is 1180. The van der Waals surface area contributed by atoms with Crippen molar-refractivity contribution >= 4 is 13.8 Å². The van der Waals surface area contributed by atoms with Crippen LogP contribution in [0.5, 0.6) is 0 Å². The predicted molar refractivity (Wildman–Crippen MR) is 228 cm³/mol. The number of allylic oxidation sites excluding steroid dienone is 11. The number of unbranched alkanes of at least 4 members (excludes halogenated alkanes) is 11. The molecular weight excluding hydrogens is 713 g/mol. The summed E-state index contributed by atoms with van der Waals surface area (Å²) in [7, 11) is -4.29. The molecule has 314 valence electrons. The van der Waals surface area contributed by atoms with Crippen LogP contribution in [0.3, 0.4) is 0 Å². The highest BCUT2D eigenvalue weighted by atomic mass is 31.2. The Morgan fingerprint density at radius 1 is 0.673 bits per heavy atom. The summed E-state index contributed by atoms with van der Waals surface area (Å²) in [5.41, 5.74) is 5.36. The molecule has 0 aromatic rings. The monoisotopic (exact) mass is 790 g/mol.